The van der Waals surface area contributed by atoms with Crippen molar-refractivity contribution in [2.45, 2.75) is 6.61 Å². The highest BCUT2D eigenvalue weighted by Crippen LogP contribution is 2.30. The molecule has 0 saturated heterocycles. The Bertz CT molecular complexity index is 1480. The number of carbonyl (C=O) groups excluding carboxylic acids is 3. The van der Waals surface area contributed by atoms with Gasteiger partial charge in [0.1, 0.15) is 6.61 Å². The maximum Gasteiger partial charge on any atom is 0.338 e. The van der Waals surface area contributed by atoms with Crippen molar-refractivity contribution in [1.82, 2.24) is 9.38 Å². The summed E-state index contributed by atoms with van der Waals surface area (Å²) in [6, 6.07) is 11.8. The van der Waals surface area contributed by atoms with Gasteiger partial charge in [0.15, 0.2) is 4.96 Å². The van der Waals surface area contributed by atoms with E-state index in [1.807, 2.05) is 0 Å². The van der Waals surface area contributed by atoms with Gasteiger partial charge in [-0.25, -0.2) is 14.7 Å². The van der Waals surface area contributed by atoms with E-state index in [1.165, 1.54) is 40.0 Å². The number of carbonyl (C=O) groups is 3. The van der Waals surface area contributed by atoms with Gasteiger partial charge in [0.25, 0.3) is 17.4 Å². The van der Waals surface area contributed by atoms with Crippen molar-refractivity contribution in [2.75, 3.05) is 4.90 Å². The largest absolute Gasteiger partial charge is 0.456 e. The number of benzene rings is 2. The number of rotatable bonds is 4. The molecule has 0 bridgehead atoms. The summed E-state index contributed by atoms with van der Waals surface area (Å²) in [7, 11) is 0. The van der Waals surface area contributed by atoms with Crippen LogP contribution in [0.3, 0.4) is 0 Å². The molecule has 2 aromatic carbocycles. The molecule has 0 spiro atoms. The lowest BCUT2D eigenvalue weighted by Gasteiger charge is -2.13. The first-order chi connectivity index (χ1) is 15.4. The number of thiazole rings is 1. The standard InChI is InChI=1S/C22H12ClN3O5S/c23-13-2-4-15(5-3-13)26-19(28)16-6-1-12(9-17(16)20(26)29)21(30)31-11-14-10-18(27)25-7-8-32-22(25)24-14/h1-10H,11H2. The fourth-order valence-corrected chi connectivity index (χ4v) is 4.24. The maximum absolute atomic E-state index is 12.9. The average molecular weight is 466 g/mol. The molecule has 1 aliphatic rings. The van der Waals surface area contributed by atoms with Crippen molar-refractivity contribution < 1.29 is 19.1 Å². The minimum Gasteiger partial charge on any atom is -0.456 e. The minimum atomic E-state index is -0.703. The summed E-state index contributed by atoms with van der Waals surface area (Å²) in [5, 5.41) is 2.21. The number of amides is 2. The lowest BCUT2D eigenvalue weighted by atomic mass is 10.1. The molecule has 2 amide bonds. The van der Waals surface area contributed by atoms with Crippen LogP contribution in [-0.4, -0.2) is 27.2 Å². The summed E-state index contributed by atoms with van der Waals surface area (Å²) in [5.41, 5.74) is 0.830. The second-order valence-corrected chi connectivity index (χ2v) is 8.21. The van der Waals surface area contributed by atoms with Crippen molar-refractivity contribution in [3.8, 4) is 0 Å². The van der Waals surface area contributed by atoms with E-state index in [1.54, 1.807) is 35.8 Å². The molecule has 4 aromatic rings. The zero-order chi connectivity index (χ0) is 22.4. The number of ether oxygens (including phenoxy) is 1. The van der Waals surface area contributed by atoms with Crippen LogP contribution < -0.4 is 10.5 Å². The number of aromatic nitrogens is 2. The van der Waals surface area contributed by atoms with Gasteiger partial charge >= 0.3 is 5.97 Å². The molecule has 0 unspecified atom stereocenters. The van der Waals surface area contributed by atoms with Gasteiger partial charge in [0.2, 0.25) is 0 Å². The monoisotopic (exact) mass is 465 g/mol. The highest BCUT2D eigenvalue weighted by Gasteiger charge is 2.37. The first kappa shape index (κ1) is 20.1. The van der Waals surface area contributed by atoms with E-state index in [4.69, 9.17) is 16.3 Å². The van der Waals surface area contributed by atoms with Gasteiger partial charge in [-0.2, -0.15) is 0 Å². The van der Waals surface area contributed by atoms with Gasteiger partial charge < -0.3 is 4.74 Å². The number of anilines is 1. The molecule has 10 heteroatoms. The van der Waals surface area contributed by atoms with Crippen LogP contribution in [0, 0.1) is 0 Å². The van der Waals surface area contributed by atoms with Crippen LogP contribution in [0.1, 0.15) is 36.8 Å². The Hall–Kier alpha value is -3.82. The SMILES string of the molecule is O=C(OCc1cc(=O)n2ccsc2n1)c1ccc2c(c1)C(=O)N(c1ccc(Cl)cc1)C2=O. The first-order valence-electron chi connectivity index (χ1n) is 9.34. The summed E-state index contributed by atoms with van der Waals surface area (Å²) < 4.78 is 6.67. The van der Waals surface area contributed by atoms with E-state index in [0.29, 0.717) is 21.4 Å². The van der Waals surface area contributed by atoms with E-state index >= 15 is 0 Å². The topological polar surface area (TPSA) is 98.1 Å². The van der Waals surface area contributed by atoms with E-state index in [-0.39, 0.29) is 28.9 Å². The number of nitrogens with zero attached hydrogens (tertiary/aromatic N) is 3. The molecule has 0 N–H and O–H groups in total. The highest BCUT2D eigenvalue weighted by molar-refractivity contribution is 7.15. The van der Waals surface area contributed by atoms with Crippen molar-refractivity contribution in [1.29, 1.82) is 0 Å². The van der Waals surface area contributed by atoms with Crippen LogP contribution >= 0.6 is 22.9 Å². The minimum absolute atomic E-state index is 0.107. The molecule has 8 nitrogen and oxygen atoms in total. The van der Waals surface area contributed by atoms with E-state index in [9.17, 15) is 19.2 Å². The second-order valence-electron chi connectivity index (χ2n) is 6.90. The predicted molar refractivity (Wildman–Crippen MR) is 117 cm³/mol. The number of halogens is 1. The van der Waals surface area contributed by atoms with Crippen LogP contribution in [-0.2, 0) is 11.3 Å². The van der Waals surface area contributed by atoms with Crippen molar-refractivity contribution >= 4 is 51.4 Å². The zero-order valence-electron chi connectivity index (χ0n) is 16.1. The van der Waals surface area contributed by atoms with Gasteiger partial charge in [-0.1, -0.05) is 11.6 Å². The molecular formula is C22H12ClN3O5S. The van der Waals surface area contributed by atoms with Crippen LogP contribution in [0.4, 0.5) is 5.69 Å². The van der Waals surface area contributed by atoms with Crippen molar-refractivity contribution in [2.24, 2.45) is 0 Å². The van der Waals surface area contributed by atoms with Crippen molar-refractivity contribution in [3.05, 3.63) is 97.9 Å². The first-order valence-corrected chi connectivity index (χ1v) is 10.6. The molecule has 0 saturated carbocycles. The maximum atomic E-state index is 12.9. The molecule has 0 fully saturated rings. The molecule has 5 rings (SSSR count). The number of hydrogen-bond acceptors (Lipinski definition) is 7. The number of imide groups is 1. The summed E-state index contributed by atoms with van der Waals surface area (Å²) in [6.07, 6.45) is 1.61. The summed E-state index contributed by atoms with van der Waals surface area (Å²) in [4.78, 5) is 56.0. The van der Waals surface area contributed by atoms with Gasteiger partial charge in [-0.3, -0.25) is 18.8 Å². The molecule has 1 aliphatic heterocycles. The molecule has 2 aromatic heterocycles. The summed E-state index contributed by atoms with van der Waals surface area (Å²) >= 11 is 7.17. The number of fused-ring (bicyclic) bond motifs is 2. The molecular weight excluding hydrogens is 454 g/mol. The van der Waals surface area contributed by atoms with Gasteiger partial charge in [0.05, 0.1) is 28.1 Å². The molecule has 0 aliphatic carbocycles. The fraction of sp³-hybridized carbons (Fsp3) is 0.0455. The normalized spacial score (nSPS) is 13.0. The Morgan fingerprint density at radius 3 is 2.53 bits per heavy atom. The van der Waals surface area contributed by atoms with Crippen molar-refractivity contribution in [3.63, 3.8) is 0 Å². The van der Waals surface area contributed by atoms with Crippen LogP contribution in [0.25, 0.3) is 4.96 Å². The van der Waals surface area contributed by atoms with Gasteiger partial charge in [-0.05, 0) is 42.5 Å². The fourth-order valence-electron chi connectivity index (χ4n) is 3.38. The van der Waals surface area contributed by atoms with E-state index in [0.717, 1.165) is 4.90 Å². The van der Waals surface area contributed by atoms with Crippen LogP contribution in [0.15, 0.2) is 64.9 Å². The predicted octanol–water partition coefficient (Wildman–Crippen LogP) is 3.57. The lowest BCUT2D eigenvalue weighted by Crippen LogP contribution is -2.29. The Morgan fingerprint density at radius 2 is 1.75 bits per heavy atom. The Morgan fingerprint density at radius 1 is 1.00 bits per heavy atom. The average Bonchev–Trinajstić information content (AvgIpc) is 3.36. The van der Waals surface area contributed by atoms with Crippen LogP contribution in [0.2, 0.25) is 5.02 Å². The molecule has 0 atom stereocenters. The van der Waals surface area contributed by atoms with Gasteiger partial charge in [-0.15, -0.1) is 11.3 Å². The third-order valence-electron chi connectivity index (χ3n) is 4.91. The Balaban J connectivity index is 1.36. The zero-order valence-corrected chi connectivity index (χ0v) is 17.7. The molecule has 3 heterocycles. The van der Waals surface area contributed by atoms with Gasteiger partial charge in [0, 0.05) is 22.7 Å². The third-order valence-corrected chi connectivity index (χ3v) is 5.92. The smallest absolute Gasteiger partial charge is 0.338 e. The number of hydrogen-bond donors (Lipinski definition) is 0. The highest BCUT2D eigenvalue weighted by atomic mass is 35.5. The lowest BCUT2D eigenvalue weighted by molar-refractivity contribution is 0.0467. The molecule has 158 valence electrons. The molecule has 0 radical (unpaired) electrons. The van der Waals surface area contributed by atoms with E-state index < -0.39 is 17.8 Å². The summed E-state index contributed by atoms with van der Waals surface area (Å²) in [5.74, 6) is -1.73. The quantitative estimate of drug-likeness (QED) is 0.337. The number of esters is 1. The summed E-state index contributed by atoms with van der Waals surface area (Å²) in [6.45, 7) is -0.205. The molecule has 32 heavy (non-hydrogen) atoms. The second kappa shape index (κ2) is 7.70. The Kier molecular flexibility index (Phi) is 4.84. The van der Waals surface area contributed by atoms with E-state index in [2.05, 4.69) is 4.98 Å². The van der Waals surface area contributed by atoms with Crippen LogP contribution in [0.5, 0.6) is 0 Å². The Labute approximate surface area is 189 Å². The third kappa shape index (κ3) is 3.37.